The predicted molar refractivity (Wildman–Crippen MR) is 155 cm³/mol. The summed E-state index contributed by atoms with van der Waals surface area (Å²) in [5.41, 5.74) is 1.78. The van der Waals surface area contributed by atoms with E-state index in [9.17, 15) is 22.4 Å². The number of halogens is 2. The van der Waals surface area contributed by atoms with Gasteiger partial charge >= 0.3 is 0 Å². The zero-order chi connectivity index (χ0) is 28.6. The molecule has 0 fully saturated rings. The smallest absolute Gasteiger partial charge is 0.244 e. The van der Waals surface area contributed by atoms with Crippen molar-refractivity contribution in [3.8, 4) is 0 Å². The minimum Gasteiger partial charge on any atom is -0.354 e. The van der Waals surface area contributed by atoms with Gasteiger partial charge in [0.2, 0.25) is 21.8 Å². The molecule has 7 nitrogen and oxygen atoms in total. The highest BCUT2D eigenvalue weighted by Crippen LogP contribution is 2.21. The van der Waals surface area contributed by atoms with Gasteiger partial charge in [-0.05, 0) is 53.4 Å². The van der Waals surface area contributed by atoms with Crippen molar-refractivity contribution < 1.29 is 22.4 Å². The average Bonchev–Trinajstić information content (AvgIpc) is 2.89. The Labute approximate surface area is 238 Å². The average molecular weight is 619 g/mol. The van der Waals surface area contributed by atoms with Crippen LogP contribution in [0.25, 0.3) is 0 Å². The second-order valence-corrected chi connectivity index (χ2v) is 12.6. The lowest BCUT2D eigenvalue weighted by Gasteiger charge is -2.33. The molecule has 0 aromatic heterocycles. The summed E-state index contributed by atoms with van der Waals surface area (Å²) in [5, 5.41) is 2.94. The van der Waals surface area contributed by atoms with Gasteiger partial charge in [-0.2, -0.15) is 0 Å². The van der Waals surface area contributed by atoms with Gasteiger partial charge in [0.05, 0.1) is 11.9 Å². The Balaban J connectivity index is 2.03. The van der Waals surface area contributed by atoms with Crippen molar-refractivity contribution in [1.82, 2.24) is 10.2 Å². The first-order valence-corrected chi connectivity index (χ1v) is 15.2. The third-order valence-corrected chi connectivity index (χ3v) is 7.68. The Morgan fingerprint density at radius 3 is 2.10 bits per heavy atom. The van der Waals surface area contributed by atoms with Gasteiger partial charge in [0.15, 0.2) is 0 Å². The summed E-state index contributed by atoms with van der Waals surface area (Å²) < 4.78 is 40.8. The van der Waals surface area contributed by atoms with E-state index in [2.05, 4.69) is 21.2 Å². The van der Waals surface area contributed by atoms with Gasteiger partial charge in [-0.15, -0.1) is 0 Å². The first-order valence-electron chi connectivity index (χ1n) is 12.5. The number of carbonyl (C=O) groups excluding carboxylic acids is 2. The normalized spacial score (nSPS) is 12.2. The number of benzene rings is 3. The monoisotopic (exact) mass is 617 g/mol. The number of hydrogen-bond donors (Lipinski definition) is 1. The summed E-state index contributed by atoms with van der Waals surface area (Å²) >= 11 is 3.41. The van der Waals surface area contributed by atoms with Crippen LogP contribution < -0.4 is 9.62 Å². The van der Waals surface area contributed by atoms with Crippen molar-refractivity contribution in [2.24, 2.45) is 5.92 Å². The van der Waals surface area contributed by atoms with E-state index < -0.39 is 34.3 Å². The summed E-state index contributed by atoms with van der Waals surface area (Å²) in [5.74, 6) is -1.22. The molecule has 0 aliphatic heterocycles. The molecule has 0 saturated carbocycles. The molecule has 0 aliphatic rings. The van der Waals surface area contributed by atoms with E-state index >= 15 is 0 Å². The van der Waals surface area contributed by atoms with Crippen LogP contribution in [0.4, 0.5) is 10.1 Å². The van der Waals surface area contributed by atoms with E-state index in [0.717, 1.165) is 38.3 Å². The zero-order valence-corrected chi connectivity index (χ0v) is 24.6. The Bertz CT molecular complexity index is 1350. The van der Waals surface area contributed by atoms with Crippen LogP contribution in [0.15, 0.2) is 83.3 Å². The number of carbonyl (C=O) groups is 2. The Morgan fingerprint density at radius 1 is 0.923 bits per heavy atom. The maximum Gasteiger partial charge on any atom is 0.244 e. The van der Waals surface area contributed by atoms with Crippen LogP contribution in [0.2, 0.25) is 0 Å². The quantitative estimate of drug-likeness (QED) is 0.317. The van der Waals surface area contributed by atoms with Crippen LogP contribution in [0.5, 0.6) is 0 Å². The summed E-state index contributed by atoms with van der Waals surface area (Å²) in [4.78, 5) is 28.9. The minimum absolute atomic E-state index is 0.0831. The lowest BCUT2D eigenvalue weighted by atomic mass is 10.0. The molecule has 3 aromatic carbocycles. The Morgan fingerprint density at radius 2 is 1.54 bits per heavy atom. The van der Waals surface area contributed by atoms with E-state index in [1.54, 1.807) is 0 Å². The largest absolute Gasteiger partial charge is 0.354 e. The highest BCUT2D eigenvalue weighted by Gasteiger charge is 2.33. The van der Waals surface area contributed by atoms with E-state index in [-0.39, 0.29) is 30.5 Å². The fourth-order valence-electron chi connectivity index (χ4n) is 3.98. The lowest BCUT2D eigenvalue weighted by molar-refractivity contribution is -0.140. The highest BCUT2D eigenvalue weighted by molar-refractivity contribution is 9.10. The number of anilines is 1. The van der Waals surface area contributed by atoms with Gasteiger partial charge in [-0.3, -0.25) is 13.9 Å². The molecule has 2 amide bonds. The van der Waals surface area contributed by atoms with Crippen molar-refractivity contribution in [2.75, 3.05) is 23.7 Å². The maximum absolute atomic E-state index is 13.9. The second kappa shape index (κ2) is 13.7. The molecule has 208 valence electrons. The Kier molecular flexibility index (Phi) is 10.7. The molecule has 1 atom stereocenters. The number of hydrogen-bond acceptors (Lipinski definition) is 4. The fourth-order valence-corrected chi connectivity index (χ4v) is 5.10. The molecule has 39 heavy (non-hydrogen) atoms. The van der Waals surface area contributed by atoms with Crippen molar-refractivity contribution in [3.05, 3.63) is 100 Å². The van der Waals surface area contributed by atoms with Crippen LogP contribution in [0.3, 0.4) is 0 Å². The number of nitrogens with one attached hydrogen (secondary N) is 1. The van der Waals surface area contributed by atoms with Gasteiger partial charge in [0, 0.05) is 24.0 Å². The molecule has 0 aliphatic carbocycles. The van der Waals surface area contributed by atoms with E-state index in [0.29, 0.717) is 6.54 Å². The first-order chi connectivity index (χ1) is 18.4. The van der Waals surface area contributed by atoms with Gasteiger partial charge in [0.25, 0.3) is 0 Å². The topological polar surface area (TPSA) is 86.8 Å². The number of nitrogens with zero attached hydrogens (tertiary/aromatic N) is 2. The number of amides is 2. The third-order valence-electron chi connectivity index (χ3n) is 6.02. The molecular weight excluding hydrogens is 585 g/mol. The molecule has 0 unspecified atom stereocenters. The van der Waals surface area contributed by atoms with E-state index in [4.69, 9.17) is 0 Å². The van der Waals surface area contributed by atoms with E-state index in [1.807, 2.05) is 68.4 Å². The van der Waals surface area contributed by atoms with E-state index in [1.165, 1.54) is 17.0 Å². The first kappa shape index (κ1) is 30.3. The zero-order valence-electron chi connectivity index (χ0n) is 22.2. The molecule has 0 spiro atoms. The molecule has 3 aromatic rings. The van der Waals surface area contributed by atoms with Crippen molar-refractivity contribution in [2.45, 2.75) is 32.9 Å². The van der Waals surface area contributed by atoms with Gasteiger partial charge in [-0.1, -0.05) is 72.2 Å². The molecule has 0 radical (unpaired) electrons. The molecular formula is C29H33BrFN3O4S. The van der Waals surface area contributed by atoms with Crippen LogP contribution >= 0.6 is 15.9 Å². The van der Waals surface area contributed by atoms with Crippen molar-refractivity contribution >= 4 is 43.5 Å². The number of sulfonamides is 1. The minimum atomic E-state index is -3.91. The molecule has 0 saturated heterocycles. The van der Waals surface area contributed by atoms with Crippen LogP contribution in [0.1, 0.15) is 25.0 Å². The van der Waals surface area contributed by atoms with Gasteiger partial charge < -0.3 is 10.2 Å². The molecule has 1 N–H and O–H groups in total. The summed E-state index contributed by atoms with van der Waals surface area (Å²) in [6.45, 7) is 3.91. The molecule has 3 rings (SSSR count). The van der Waals surface area contributed by atoms with Gasteiger partial charge in [0.1, 0.15) is 18.4 Å². The number of rotatable bonds is 12. The highest BCUT2D eigenvalue weighted by atomic mass is 79.9. The summed E-state index contributed by atoms with van der Waals surface area (Å²) in [6.07, 6.45) is 1.22. The third kappa shape index (κ3) is 9.18. The summed E-state index contributed by atoms with van der Waals surface area (Å²) in [7, 11) is -3.91. The lowest BCUT2D eigenvalue weighted by Crippen LogP contribution is -2.53. The maximum atomic E-state index is 13.9. The van der Waals surface area contributed by atoms with Crippen molar-refractivity contribution in [3.63, 3.8) is 0 Å². The molecule has 0 bridgehead atoms. The predicted octanol–water partition coefficient (Wildman–Crippen LogP) is 4.77. The fraction of sp³-hybridized carbons (Fsp3) is 0.310. The van der Waals surface area contributed by atoms with Crippen LogP contribution in [-0.2, 0) is 32.6 Å². The standard InChI is InChI=1S/C29H33BrFN3O4S/c1-21(2)18-32-29(36)27(17-22-7-5-4-6-8-22)33(19-23-9-11-24(30)12-10-23)28(35)20-34(39(3,37)38)26-15-13-25(31)14-16-26/h4-16,21,27H,17-20H2,1-3H3,(H,32,36)/t27-/m1/s1. The molecule has 10 heteroatoms. The van der Waals surface area contributed by atoms with Crippen LogP contribution in [0, 0.1) is 11.7 Å². The van der Waals surface area contributed by atoms with Gasteiger partial charge in [-0.25, -0.2) is 12.8 Å². The SMILES string of the molecule is CC(C)CNC(=O)[C@@H](Cc1ccccc1)N(Cc1ccc(Br)cc1)C(=O)CN(c1ccc(F)cc1)S(C)(=O)=O. The second-order valence-electron chi connectivity index (χ2n) is 9.74. The van der Waals surface area contributed by atoms with Crippen LogP contribution in [-0.4, -0.2) is 50.5 Å². The summed E-state index contributed by atoms with van der Waals surface area (Å²) in [6, 6.07) is 20.7. The Hall–Kier alpha value is -3.24. The van der Waals surface area contributed by atoms with Crippen molar-refractivity contribution in [1.29, 1.82) is 0 Å². The molecule has 0 heterocycles.